The monoisotopic (exact) mass is 472 g/mol. The lowest BCUT2D eigenvalue weighted by molar-refractivity contribution is -0.121. The van der Waals surface area contributed by atoms with Crippen LogP contribution in [0, 0.1) is 17.2 Å². The van der Waals surface area contributed by atoms with Crippen LogP contribution < -0.4 is 10.1 Å². The highest BCUT2D eigenvalue weighted by Crippen LogP contribution is 2.58. The van der Waals surface area contributed by atoms with Crippen molar-refractivity contribution in [1.82, 2.24) is 24.6 Å². The number of anilines is 1. The molecule has 1 saturated carbocycles. The molecule has 6 rings (SSSR count). The van der Waals surface area contributed by atoms with Gasteiger partial charge < -0.3 is 15.0 Å². The van der Waals surface area contributed by atoms with Crippen molar-refractivity contribution in [1.29, 1.82) is 0 Å². The molecule has 2 aromatic heterocycles. The largest absolute Gasteiger partial charge is 0.494 e. The number of rotatable bonds is 5. The number of benzene rings is 2. The Bertz CT molecular complexity index is 1480. The number of ether oxygens (including phenoxy) is 1. The van der Waals surface area contributed by atoms with Crippen molar-refractivity contribution in [2.45, 2.75) is 6.42 Å². The Kier molecular flexibility index (Phi) is 4.86. The Morgan fingerprint density at radius 2 is 2.00 bits per heavy atom. The molecule has 0 radical (unpaired) electrons. The summed E-state index contributed by atoms with van der Waals surface area (Å²) < 4.78 is 21.9. The Morgan fingerprint density at radius 1 is 1.17 bits per heavy atom. The maximum absolute atomic E-state index is 14.7. The maximum atomic E-state index is 14.7. The van der Waals surface area contributed by atoms with Crippen molar-refractivity contribution >= 4 is 22.5 Å². The fourth-order valence-corrected chi connectivity index (χ4v) is 5.41. The van der Waals surface area contributed by atoms with E-state index in [2.05, 4.69) is 25.3 Å². The molecule has 8 nitrogen and oxygen atoms in total. The molecule has 178 valence electrons. The van der Waals surface area contributed by atoms with Crippen LogP contribution in [0.3, 0.4) is 0 Å². The number of methoxy groups -OCH3 is 1. The second-order valence-corrected chi connectivity index (χ2v) is 9.54. The molecule has 1 N–H and O–H groups in total. The molecule has 2 aliphatic rings. The van der Waals surface area contributed by atoms with Gasteiger partial charge in [0.15, 0.2) is 0 Å². The molecule has 4 aromatic rings. The third-order valence-electron chi connectivity index (χ3n) is 7.19. The molecule has 1 amide bonds. The van der Waals surface area contributed by atoms with Crippen molar-refractivity contribution in [3.8, 4) is 28.3 Å². The van der Waals surface area contributed by atoms with E-state index in [1.807, 2.05) is 19.3 Å². The highest BCUT2D eigenvalue weighted by Gasteiger charge is 2.64. The third kappa shape index (κ3) is 3.46. The molecule has 1 saturated heterocycles. The standard InChI is InChI=1S/C26H25FN6O2/c1-32-11-15-10-26(15,13-32)25(34)30-21-8-17-20(9-22(21)35-3)28-14-29-23(17)18-12-33(2)31-24(18)16-6-4-5-7-19(16)27/h4-9,12,14-15H,10-11,13H2,1-3H3,(H,30,34)/t15?,26-/m0/s1. The zero-order valence-corrected chi connectivity index (χ0v) is 19.7. The predicted octanol–water partition coefficient (Wildman–Crippen LogP) is 3.74. The molecule has 1 aliphatic carbocycles. The van der Waals surface area contributed by atoms with Gasteiger partial charge in [-0.25, -0.2) is 14.4 Å². The summed E-state index contributed by atoms with van der Waals surface area (Å²) in [6, 6.07) is 10.2. The number of amides is 1. The van der Waals surface area contributed by atoms with Crippen molar-refractivity contribution in [3.63, 3.8) is 0 Å². The van der Waals surface area contributed by atoms with Crippen LogP contribution in [-0.4, -0.2) is 57.8 Å². The first kappa shape index (κ1) is 21.7. The van der Waals surface area contributed by atoms with Gasteiger partial charge in [0.25, 0.3) is 0 Å². The highest BCUT2D eigenvalue weighted by atomic mass is 19.1. The van der Waals surface area contributed by atoms with E-state index >= 15 is 0 Å². The first-order valence-electron chi connectivity index (χ1n) is 11.5. The lowest BCUT2D eigenvalue weighted by Crippen LogP contribution is -2.30. The zero-order valence-electron chi connectivity index (χ0n) is 19.7. The number of hydrogen-bond donors (Lipinski definition) is 1. The zero-order chi connectivity index (χ0) is 24.3. The summed E-state index contributed by atoms with van der Waals surface area (Å²) in [4.78, 5) is 24.4. The van der Waals surface area contributed by atoms with E-state index in [4.69, 9.17) is 4.74 Å². The molecule has 1 aliphatic heterocycles. The molecule has 0 spiro atoms. The molecule has 2 fully saturated rings. The minimum Gasteiger partial charge on any atom is -0.494 e. The van der Waals surface area contributed by atoms with Crippen LogP contribution in [0.2, 0.25) is 0 Å². The van der Waals surface area contributed by atoms with Crippen LogP contribution in [-0.2, 0) is 11.8 Å². The van der Waals surface area contributed by atoms with E-state index in [9.17, 15) is 9.18 Å². The predicted molar refractivity (Wildman–Crippen MR) is 130 cm³/mol. The number of aryl methyl sites for hydroxylation is 1. The smallest absolute Gasteiger partial charge is 0.232 e. The summed E-state index contributed by atoms with van der Waals surface area (Å²) in [5.74, 6) is 0.573. The summed E-state index contributed by atoms with van der Waals surface area (Å²) in [5.41, 5.74) is 3.03. The number of fused-ring (bicyclic) bond motifs is 2. The molecule has 35 heavy (non-hydrogen) atoms. The van der Waals surface area contributed by atoms with Crippen LogP contribution in [0.4, 0.5) is 10.1 Å². The van der Waals surface area contributed by atoms with Crippen LogP contribution in [0.25, 0.3) is 33.4 Å². The number of halogens is 1. The first-order chi connectivity index (χ1) is 16.9. The van der Waals surface area contributed by atoms with Crippen LogP contribution in [0.1, 0.15) is 6.42 Å². The quantitative estimate of drug-likeness (QED) is 0.476. The first-order valence-corrected chi connectivity index (χ1v) is 11.5. The number of likely N-dealkylation sites (tertiary alicyclic amines) is 1. The fourth-order valence-electron chi connectivity index (χ4n) is 5.41. The molecule has 0 bridgehead atoms. The molecular formula is C26H25FN6O2. The maximum Gasteiger partial charge on any atom is 0.232 e. The Morgan fingerprint density at radius 3 is 2.74 bits per heavy atom. The van der Waals surface area contributed by atoms with Gasteiger partial charge >= 0.3 is 0 Å². The van der Waals surface area contributed by atoms with E-state index in [1.54, 1.807) is 43.1 Å². The number of nitrogens with one attached hydrogen (secondary N) is 1. The van der Waals surface area contributed by atoms with Crippen molar-refractivity contribution in [2.75, 3.05) is 32.6 Å². The number of hydrogen-bond acceptors (Lipinski definition) is 6. The van der Waals surface area contributed by atoms with Gasteiger partial charge in [0, 0.05) is 48.9 Å². The average molecular weight is 473 g/mol. The van der Waals surface area contributed by atoms with Crippen molar-refractivity contribution in [2.24, 2.45) is 18.4 Å². The lowest BCUT2D eigenvalue weighted by Gasteiger charge is -2.18. The average Bonchev–Trinajstić information content (AvgIpc) is 3.21. The van der Waals surface area contributed by atoms with Crippen LogP contribution >= 0.6 is 0 Å². The fraction of sp³-hybridized carbons (Fsp3) is 0.308. The Balaban J connectivity index is 1.46. The van der Waals surface area contributed by atoms with Crippen molar-refractivity contribution < 1.29 is 13.9 Å². The van der Waals surface area contributed by atoms with E-state index in [1.165, 1.54) is 12.4 Å². The summed E-state index contributed by atoms with van der Waals surface area (Å²) in [6.45, 7) is 1.70. The SMILES string of the molecule is COc1cc2ncnc(-c3cn(C)nc3-c3ccccc3F)c2cc1NC(=O)[C@]12CC1CN(C)C2. The second kappa shape index (κ2) is 7.84. The van der Waals surface area contributed by atoms with Gasteiger partial charge in [-0.05, 0) is 37.6 Å². The van der Waals surface area contributed by atoms with Gasteiger partial charge in [0.2, 0.25) is 5.91 Å². The molecule has 2 atom stereocenters. The Labute approximate surface area is 201 Å². The minimum absolute atomic E-state index is 0.0105. The third-order valence-corrected chi connectivity index (χ3v) is 7.19. The van der Waals surface area contributed by atoms with E-state index in [0.29, 0.717) is 50.8 Å². The summed E-state index contributed by atoms with van der Waals surface area (Å²) in [6.07, 6.45) is 4.19. The normalized spacial score (nSPS) is 21.2. The van der Waals surface area contributed by atoms with Gasteiger partial charge in [0.05, 0.1) is 29.4 Å². The number of carbonyl (C=O) groups excluding carboxylic acids is 1. The van der Waals surface area contributed by atoms with Gasteiger partial charge in [-0.1, -0.05) is 12.1 Å². The number of nitrogens with zero attached hydrogens (tertiary/aromatic N) is 5. The van der Waals surface area contributed by atoms with E-state index in [0.717, 1.165) is 19.5 Å². The van der Waals surface area contributed by atoms with Crippen LogP contribution in [0.15, 0.2) is 48.9 Å². The highest BCUT2D eigenvalue weighted by molar-refractivity contribution is 6.04. The summed E-state index contributed by atoms with van der Waals surface area (Å²) >= 11 is 0. The topological polar surface area (TPSA) is 85.2 Å². The van der Waals surface area contributed by atoms with Gasteiger partial charge in [-0.2, -0.15) is 5.10 Å². The van der Waals surface area contributed by atoms with Crippen LogP contribution in [0.5, 0.6) is 5.75 Å². The van der Waals surface area contributed by atoms with Crippen molar-refractivity contribution in [3.05, 3.63) is 54.7 Å². The molecular weight excluding hydrogens is 447 g/mol. The number of carbonyl (C=O) groups is 1. The second-order valence-electron chi connectivity index (χ2n) is 9.54. The minimum atomic E-state index is -0.361. The number of aromatic nitrogens is 4. The van der Waals surface area contributed by atoms with E-state index in [-0.39, 0.29) is 17.1 Å². The molecule has 3 heterocycles. The van der Waals surface area contributed by atoms with Gasteiger partial charge in [0.1, 0.15) is 23.6 Å². The summed E-state index contributed by atoms with van der Waals surface area (Å²) in [7, 11) is 5.40. The molecule has 1 unspecified atom stereocenters. The summed E-state index contributed by atoms with van der Waals surface area (Å²) in [5, 5.41) is 8.34. The van der Waals surface area contributed by atoms with Gasteiger partial charge in [-0.15, -0.1) is 0 Å². The molecule has 2 aromatic carbocycles. The number of piperidine rings is 1. The van der Waals surface area contributed by atoms with Gasteiger partial charge in [-0.3, -0.25) is 9.48 Å². The Hall–Kier alpha value is -3.85. The lowest BCUT2D eigenvalue weighted by atomic mass is 10.0. The molecule has 9 heteroatoms. The van der Waals surface area contributed by atoms with E-state index < -0.39 is 0 Å².